The lowest BCUT2D eigenvalue weighted by Gasteiger charge is -2.25. The molecular formula is C13H19N5O. The summed E-state index contributed by atoms with van der Waals surface area (Å²) in [4.78, 5) is 10.6. The zero-order valence-electron chi connectivity index (χ0n) is 11.2. The van der Waals surface area contributed by atoms with Gasteiger partial charge in [0.2, 0.25) is 5.95 Å². The molecular weight excluding hydrogens is 242 g/mol. The van der Waals surface area contributed by atoms with Crippen molar-refractivity contribution in [3.8, 4) is 6.07 Å². The molecule has 1 aromatic heterocycles. The number of aromatic nitrogens is 2. The third kappa shape index (κ3) is 3.88. The summed E-state index contributed by atoms with van der Waals surface area (Å²) in [5, 5.41) is 12.4. The van der Waals surface area contributed by atoms with Crippen molar-refractivity contribution in [3.63, 3.8) is 0 Å². The molecule has 2 rings (SSSR count). The average Bonchev–Trinajstić information content (AvgIpc) is 2.96. The van der Waals surface area contributed by atoms with Crippen LogP contribution in [0.3, 0.4) is 0 Å². The highest BCUT2D eigenvalue weighted by Crippen LogP contribution is 2.12. The van der Waals surface area contributed by atoms with Gasteiger partial charge in [0.1, 0.15) is 11.8 Å². The Morgan fingerprint density at radius 1 is 1.63 bits per heavy atom. The van der Waals surface area contributed by atoms with Crippen molar-refractivity contribution in [2.24, 2.45) is 0 Å². The zero-order chi connectivity index (χ0) is 13.5. The second kappa shape index (κ2) is 7.02. The number of hydrogen-bond acceptors (Lipinski definition) is 6. The van der Waals surface area contributed by atoms with Crippen LogP contribution in [-0.4, -0.2) is 49.4 Å². The maximum absolute atomic E-state index is 8.91. The number of nitriles is 1. The number of hydrogen-bond donors (Lipinski definition) is 1. The van der Waals surface area contributed by atoms with Gasteiger partial charge in [-0.1, -0.05) is 0 Å². The smallest absolute Gasteiger partial charge is 0.226 e. The first-order chi connectivity index (χ1) is 9.33. The van der Waals surface area contributed by atoms with Crippen LogP contribution in [0, 0.1) is 11.3 Å². The molecule has 1 atom stereocenters. The lowest BCUT2D eigenvalue weighted by Crippen LogP contribution is -2.40. The molecule has 1 saturated heterocycles. The number of rotatable bonds is 6. The van der Waals surface area contributed by atoms with Gasteiger partial charge in [-0.3, -0.25) is 0 Å². The minimum absolute atomic E-state index is 0.395. The number of anilines is 1. The standard InChI is InChI=1S/C13H19N5O/c1-19-8-7-18(10-12-3-2-5-15-12)13-16-6-4-11(9-14)17-13/h4,6,12,15H,2-3,5,7-8,10H2,1H3. The minimum Gasteiger partial charge on any atom is -0.383 e. The van der Waals surface area contributed by atoms with Gasteiger partial charge in [0.05, 0.1) is 6.61 Å². The molecule has 1 aliphatic rings. The van der Waals surface area contributed by atoms with Gasteiger partial charge >= 0.3 is 0 Å². The molecule has 1 unspecified atom stereocenters. The summed E-state index contributed by atoms with van der Waals surface area (Å²) in [6.45, 7) is 3.26. The molecule has 0 spiro atoms. The van der Waals surface area contributed by atoms with Crippen molar-refractivity contribution in [2.75, 3.05) is 38.3 Å². The van der Waals surface area contributed by atoms with E-state index in [0.29, 0.717) is 24.3 Å². The molecule has 0 radical (unpaired) electrons. The van der Waals surface area contributed by atoms with Gasteiger partial charge in [0.25, 0.3) is 0 Å². The maximum Gasteiger partial charge on any atom is 0.226 e. The summed E-state index contributed by atoms with van der Waals surface area (Å²) >= 11 is 0. The molecule has 0 aliphatic carbocycles. The molecule has 19 heavy (non-hydrogen) atoms. The molecule has 1 N–H and O–H groups in total. The molecule has 6 heteroatoms. The Bertz CT molecular complexity index is 439. The molecule has 0 saturated carbocycles. The molecule has 1 aliphatic heterocycles. The number of nitrogens with one attached hydrogen (secondary N) is 1. The van der Waals surface area contributed by atoms with Gasteiger partial charge in [-0.05, 0) is 25.5 Å². The molecule has 6 nitrogen and oxygen atoms in total. The first-order valence-electron chi connectivity index (χ1n) is 6.54. The summed E-state index contributed by atoms with van der Waals surface area (Å²) in [5.74, 6) is 0.602. The van der Waals surface area contributed by atoms with Crippen LogP contribution in [0.15, 0.2) is 12.3 Å². The van der Waals surface area contributed by atoms with E-state index in [0.717, 1.165) is 19.6 Å². The first kappa shape index (κ1) is 13.7. The van der Waals surface area contributed by atoms with E-state index in [9.17, 15) is 0 Å². The molecule has 0 bridgehead atoms. The number of ether oxygens (including phenoxy) is 1. The molecule has 102 valence electrons. The quantitative estimate of drug-likeness (QED) is 0.806. The van der Waals surface area contributed by atoms with Crippen molar-refractivity contribution in [1.82, 2.24) is 15.3 Å². The summed E-state index contributed by atoms with van der Waals surface area (Å²) in [7, 11) is 1.68. The lowest BCUT2D eigenvalue weighted by atomic mass is 10.2. The molecule has 0 aromatic carbocycles. The van der Waals surface area contributed by atoms with Gasteiger partial charge in [0, 0.05) is 32.4 Å². The van der Waals surface area contributed by atoms with Crippen LogP contribution in [0.2, 0.25) is 0 Å². The van der Waals surface area contributed by atoms with E-state index in [4.69, 9.17) is 10.00 Å². The van der Waals surface area contributed by atoms with Gasteiger partial charge < -0.3 is 15.0 Å². The van der Waals surface area contributed by atoms with Crippen LogP contribution in [0.1, 0.15) is 18.5 Å². The average molecular weight is 261 g/mol. The SMILES string of the molecule is COCCN(CC1CCCN1)c1nccc(C#N)n1. The highest BCUT2D eigenvalue weighted by molar-refractivity contribution is 5.34. The number of nitrogens with zero attached hydrogens (tertiary/aromatic N) is 4. The van der Waals surface area contributed by atoms with Crippen LogP contribution >= 0.6 is 0 Å². The van der Waals surface area contributed by atoms with E-state index in [2.05, 4.69) is 20.2 Å². The highest BCUT2D eigenvalue weighted by Gasteiger charge is 2.19. The van der Waals surface area contributed by atoms with Gasteiger partial charge in [0.15, 0.2) is 0 Å². The summed E-state index contributed by atoms with van der Waals surface area (Å²) in [5.41, 5.74) is 0.395. The lowest BCUT2D eigenvalue weighted by molar-refractivity contribution is 0.204. The first-order valence-corrected chi connectivity index (χ1v) is 6.54. The minimum atomic E-state index is 0.395. The normalized spacial score (nSPS) is 18.2. The Morgan fingerprint density at radius 2 is 2.53 bits per heavy atom. The van der Waals surface area contributed by atoms with E-state index in [-0.39, 0.29) is 0 Å². The van der Waals surface area contributed by atoms with E-state index >= 15 is 0 Å². The van der Waals surface area contributed by atoms with Gasteiger partial charge in [-0.15, -0.1) is 0 Å². The zero-order valence-corrected chi connectivity index (χ0v) is 11.2. The Hall–Kier alpha value is -1.71. The van der Waals surface area contributed by atoms with Crippen molar-refractivity contribution in [3.05, 3.63) is 18.0 Å². The van der Waals surface area contributed by atoms with Crippen molar-refractivity contribution in [2.45, 2.75) is 18.9 Å². The van der Waals surface area contributed by atoms with Crippen LogP contribution < -0.4 is 10.2 Å². The van der Waals surface area contributed by atoms with E-state index in [1.807, 2.05) is 6.07 Å². The molecule has 0 amide bonds. The monoisotopic (exact) mass is 261 g/mol. The fraction of sp³-hybridized carbons (Fsp3) is 0.615. The van der Waals surface area contributed by atoms with Crippen LogP contribution in [0.5, 0.6) is 0 Å². The molecule has 1 aromatic rings. The Morgan fingerprint density at radius 3 is 3.21 bits per heavy atom. The predicted octanol–water partition coefficient (Wildman–Crippen LogP) is 0.553. The Labute approximate surface area is 113 Å². The van der Waals surface area contributed by atoms with E-state index in [1.54, 1.807) is 19.4 Å². The fourth-order valence-electron chi connectivity index (χ4n) is 2.22. The number of methoxy groups -OCH3 is 1. The molecule has 2 heterocycles. The third-order valence-electron chi connectivity index (χ3n) is 3.21. The van der Waals surface area contributed by atoms with Crippen LogP contribution in [-0.2, 0) is 4.74 Å². The van der Waals surface area contributed by atoms with E-state index < -0.39 is 0 Å². The van der Waals surface area contributed by atoms with Gasteiger partial charge in [-0.25, -0.2) is 9.97 Å². The van der Waals surface area contributed by atoms with Crippen molar-refractivity contribution >= 4 is 5.95 Å². The van der Waals surface area contributed by atoms with Crippen LogP contribution in [0.4, 0.5) is 5.95 Å². The van der Waals surface area contributed by atoms with Crippen LogP contribution in [0.25, 0.3) is 0 Å². The fourth-order valence-corrected chi connectivity index (χ4v) is 2.22. The summed E-state index contributed by atoms with van der Waals surface area (Å²) < 4.78 is 5.13. The Kier molecular flexibility index (Phi) is 5.07. The second-order valence-corrected chi connectivity index (χ2v) is 4.59. The summed E-state index contributed by atoms with van der Waals surface area (Å²) in [6, 6.07) is 4.13. The predicted molar refractivity (Wildman–Crippen MR) is 71.9 cm³/mol. The second-order valence-electron chi connectivity index (χ2n) is 4.59. The third-order valence-corrected chi connectivity index (χ3v) is 3.21. The van der Waals surface area contributed by atoms with E-state index in [1.165, 1.54) is 12.8 Å². The largest absolute Gasteiger partial charge is 0.383 e. The van der Waals surface area contributed by atoms with Gasteiger partial charge in [-0.2, -0.15) is 5.26 Å². The van der Waals surface area contributed by atoms with Crippen molar-refractivity contribution in [1.29, 1.82) is 5.26 Å². The van der Waals surface area contributed by atoms with Crippen molar-refractivity contribution < 1.29 is 4.74 Å². The Balaban J connectivity index is 2.08. The molecule has 1 fully saturated rings. The summed E-state index contributed by atoms with van der Waals surface area (Å²) in [6.07, 6.45) is 4.01. The topological polar surface area (TPSA) is 74.1 Å². The maximum atomic E-state index is 8.91. The highest BCUT2D eigenvalue weighted by atomic mass is 16.5.